The largest absolute Gasteiger partial charge is 0.445 e. The number of aliphatic hydroxyl groups is 1. The second-order valence-corrected chi connectivity index (χ2v) is 2.97. The van der Waals surface area contributed by atoms with E-state index >= 15 is 0 Å². The van der Waals surface area contributed by atoms with Gasteiger partial charge in [0.2, 0.25) is 0 Å². The number of hydrogen-bond acceptors (Lipinski definition) is 4. The molecule has 1 aliphatic rings. The van der Waals surface area contributed by atoms with Crippen LogP contribution in [0.2, 0.25) is 0 Å². The van der Waals surface area contributed by atoms with E-state index in [1.165, 1.54) is 11.0 Å². The highest BCUT2D eigenvalue weighted by molar-refractivity contribution is 5.68. The third-order valence-corrected chi connectivity index (χ3v) is 2.00. The number of nitrogens with zero attached hydrogens (tertiary/aromatic N) is 1. The Kier molecular flexibility index (Phi) is 4.42. The molecule has 1 fully saturated rings. The summed E-state index contributed by atoms with van der Waals surface area (Å²) in [5.74, 6) is 0. The number of hydrogen-bond donors (Lipinski definition) is 1. The van der Waals surface area contributed by atoms with Crippen LogP contribution in [0.15, 0.2) is 12.7 Å². The van der Waals surface area contributed by atoms with Crippen LogP contribution in [0.3, 0.4) is 0 Å². The summed E-state index contributed by atoms with van der Waals surface area (Å²) in [7, 11) is 0. The quantitative estimate of drug-likeness (QED) is 0.653. The van der Waals surface area contributed by atoms with E-state index in [0.29, 0.717) is 19.8 Å². The minimum Gasteiger partial charge on any atom is -0.445 e. The van der Waals surface area contributed by atoms with E-state index in [2.05, 4.69) is 6.58 Å². The molecule has 1 unspecified atom stereocenters. The van der Waals surface area contributed by atoms with E-state index in [1.54, 1.807) is 0 Å². The van der Waals surface area contributed by atoms with E-state index in [9.17, 15) is 4.79 Å². The van der Waals surface area contributed by atoms with Crippen LogP contribution in [0.25, 0.3) is 0 Å². The highest BCUT2D eigenvalue weighted by Crippen LogP contribution is 2.07. The van der Waals surface area contributed by atoms with Crippen molar-refractivity contribution in [3.8, 4) is 0 Å². The lowest BCUT2D eigenvalue weighted by Crippen LogP contribution is -2.50. The zero-order valence-electron chi connectivity index (χ0n) is 8.02. The highest BCUT2D eigenvalue weighted by atomic mass is 16.6. The SMILES string of the molecule is C=CCOC(=O)N1CCOCC1CO. The molecule has 5 heteroatoms. The maximum Gasteiger partial charge on any atom is 0.410 e. The van der Waals surface area contributed by atoms with E-state index in [-0.39, 0.29) is 19.3 Å². The molecule has 1 saturated heterocycles. The molecule has 1 heterocycles. The molecule has 0 bridgehead atoms. The third-order valence-electron chi connectivity index (χ3n) is 2.00. The monoisotopic (exact) mass is 201 g/mol. The van der Waals surface area contributed by atoms with Gasteiger partial charge in [0.05, 0.1) is 25.9 Å². The van der Waals surface area contributed by atoms with Crippen LogP contribution in [0.5, 0.6) is 0 Å². The van der Waals surface area contributed by atoms with E-state index < -0.39 is 6.09 Å². The fourth-order valence-corrected chi connectivity index (χ4v) is 1.26. The Morgan fingerprint density at radius 2 is 2.57 bits per heavy atom. The first-order valence-corrected chi connectivity index (χ1v) is 4.52. The Balaban J connectivity index is 2.45. The molecule has 14 heavy (non-hydrogen) atoms. The van der Waals surface area contributed by atoms with Gasteiger partial charge in [-0.2, -0.15) is 0 Å². The van der Waals surface area contributed by atoms with Gasteiger partial charge in [-0.1, -0.05) is 12.7 Å². The molecule has 1 aliphatic heterocycles. The molecule has 0 aromatic rings. The molecule has 0 radical (unpaired) electrons. The lowest BCUT2D eigenvalue weighted by atomic mass is 10.2. The third kappa shape index (κ3) is 2.71. The van der Waals surface area contributed by atoms with Crippen molar-refractivity contribution >= 4 is 6.09 Å². The molecular formula is C9H15NO4. The van der Waals surface area contributed by atoms with Gasteiger partial charge in [0, 0.05) is 6.54 Å². The van der Waals surface area contributed by atoms with Crippen LogP contribution < -0.4 is 0 Å². The minimum atomic E-state index is -0.424. The smallest absolute Gasteiger partial charge is 0.410 e. The summed E-state index contributed by atoms with van der Waals surface area (Å²) in [5, 5.41) is 8.99. The van der Waals surface area contributed by atoms with Crippen molar-refractivity contribution in [2.75, 3.05) is 33.0 Å². The molecule has 5 nitrogen and oxygen atoms in total. The van der Waals surface area contributed by atoms with Crippen molar-refractivity contribution in [1.82, 2.24) is 4.90 Å². The summed E-state index contributed by atoms with van der Waals surface area (Å²) in [6, 6.07) is -0.291. The fraction of sp³-hybridized carbons (Fsp3) is 0.667. The Bertz CT molecular complexity index is 207. The van der Waals surface area contributed by atoms with Crippen LogP contribution in [0.1, 0.15) is 0 Å². The lowest BCUT2D eigenvalue weighted by Gasteiger charge is -2.33. The summed E-state index contributed by atoms with van der Waals surface area (Å²) >= 11 is 0. The molecule has 1 atom stereocenters. The molecule has 1 rings (SSSR count). The highest BCUT2D eigenvalue weighted by Gasteiger charge is 2.27. The summed E-state index contributed by atoms with van der Waals surface area (Å²) in [5.41, 5.74) is 0. The van der Waals surface area contributed by atoms with Crippen LogP contribution in [-0.2, 0) is 9.47 Å². The van der Waals surface area contributed by atoms with Crippen molar-refractivity contribution in [3.63, 3.8) is 0 Å². The number of rotatable bonds is 3. The molecule has 0 aromatic carbocycles. The second-order valence-electron chi connectivity index (χ2n) is 2.97. The van der Waals surface area contributed by atoms with Crippen LogP contribution >= 0.6 is 0 Å². The molecule has 0 saturated carbocycles. The standard InChI is InChI=1S/C9H15NO4/c1-2-4-14-9(12)10-3-5-13-7-8(10)6-11/h2,8,11H,1,3-7H2. The van der Waals surface area contributed by atoms with Gasteiger partial charge < -0.3 is 14.6 Å². The maximum atomic E-state index is 11.4. The topological polar surface area (TPSA) is 59.0 Å². The molecule has 0 aliphatic carbocycles. The molecule has 80 valence electrons. The normalized spacial score (nSPS) is 21.8. The predicted octanol–water partition coefficient (Wildman–Crippen LogP) is 0.00210. The number of aliphatic hydroxyl groups excluding tert-OH is 1. The van der Waals surface area contributed by atoms with Crippen molar-refractivity contribution < 1.29 is 19.4 Å². The summed E-state index contributed by atoms with van der Waals surface area (Å²) in [6.45, 7) is 4.83. The van der Waals surface area contributed by atoms with E-state index in [4.69, 9.17) is 14.6 Å². The summed E-state index contributed by atoms with van der Waals surface area (Å²) in [4.78, 5) is 12.9. The molecular weight excluding hydrogens is 186 g/mol. The van der Waals surface area contributed by atoms with Gasteiger partial charge >= 0.3 is 6.09 Å². The molecule has 1 N–H and O–H groups in total. The Morgan fingerprint density at radius 1 is 1.79 bits per heavy atom. The second kappa shape index (κ2) is 5.62. The van der Waals surface area contributed by atoms with Gasteiger partial charge in [-0.15, -0.1) is 0 Å². The summed E-state index contributed by atoms with van der Waals surface area (Å²) in [6.07, 6.45) is 1.08. The van der Waals surface area contributed by atoms with Crippen LogP contribution in [0, 0.1) is 0 Å². The van der Waals surface area contributed by atoms with Gasteiger partial charge in [0.25, 0.3) is 0 Å². The molecule has 0 spiro atoms. The first-order chi connectivity index (χ1) is 6.79. The number of carbonyl (C=O) groups is 1. The van der Waals surface area contributed by atoms with Crippen molar-refractivity contribution in [2.24, 2.45) is 0 Å². The first kappa shape index (κ1) is 11.0. The fourth-order valence-electron chi connectivity index (χ4n) is 1.26. The van der Waals surface area contributed by atoms with Crippen molar-refractivity contribution in [3.05, 3.63) is 12.7 Å². The maximum absolute atomic E-state index is 11.4. The number of amides is 1. The predicted molar refractivity (Wildman–Crippen MR) is 49.9 cm³/mol. The minimum absolute atomic E-state index is 0.108. The zero-order chi connectivity index (χ0) is 10.4. The lowest BCUT2D eigenvalue weighted by molar-refractivity contribution is -0.0241. The Labute approximate surface area is 82.9 Å². The number of carbonyl (C=O) groups excluding carboxylic acids is 1. The molecule has 0 aromatic heterocycles. The van der Waals surface area contributed by atoms with Gasteiger partial charge in [-0.25, -0.2) is 4.79 Å². The Hall–Kier alpha value is -1.07. The van der Waals surface area contributed by atoms with Gasteiger partial charge in [-0.3, -0.25) is 4.90 Å². The number of morpholine rings is 1. The van der Waals surface area contributed by atoms with Crippen LogP contribution in [-0.4, -0.2) is 55.1 Å². The van der Waals surface area contributed by atoms with E-state index in [1.807, 2.05) is 0 Å². The number of ether oxygens (including phenoxy) is 2. The summed E-state index contributed by atoms with van der Waals surface area (Å²) < 4.78 is 9.99. The van der Waals surface area contributed by atoms with Gasteiger partial charge in [0.1, 0.15) is 6.61 Å². The van der Waals surface area contributed by atoms with Crippen molar-refractivity contribution in [1.29, 1.82) is 0 Å². The van der Waals surface area contributed by atoms with Crippen molar-refractivity contribution in [2.45, 2.75) is 6.04 Å². The Morgan fingerprint density at radius 3 is 3.21 bits per heavy atom. The van der Waals surface area contributed by atoms with Gasteiger partial charge in [-0.05, 0) is 0 Å². The van der Waals surface area contributed by atoms with Gasteiger partial charge in [0.15, 0.2) is 0 Å². The van der Waals surface area contributed by atoms with Crippen LogP contribution in [0.4, 0.5) is 4.79 Å². The van der Waals surface area contributed by atoms with E-state index in [0.717, 1.165) is 0 Å². The zero-order valence-corrected chi connectivity index (χ0v) is 8.02. The first-order valence-electron chi connectivity index (χ1n) is 4.52. The molecule has 1 amide bonds. The average Bonchev–Trinajstić information content (AvgIpc) is 2.25. The average molecular weight is 201 g/mol.